The van der Waals surface area contributed by atoms with E-state index in [4.69, 9.17) is 10.5 Å². The SMILES string of the molecule is C=Cc1cccc(C(C(=O)NC(C)C)N(C(=O)C(CCC(N)=O)NC(=O)OC(C)(C)C)C(C)CCC(C)C)c1. The number of primary amides is 1. The molecule has 0 saturated carbocycles. The summed E-state index contributed by atoms with van der Waals surface area (Å²) < 4.78 is 5.39. The number of benzene rings is 1. The predicted molar refractivity (Wildman–Crippen MR) is 155 cm³/mol. The number of carbonyl (C=O) groups excluding carboxylic acids is 4. The number of nitrogens with one attached hydrogen (secondary N) is 2. The van der Waals surface area contributed by atoms with Gasteiger partial charge in [-0.05, 0) is 83.9 Å². The first-order valence-electron chi connectivity index (χ1n) is 13.7. The van der Waals surface area contributed by atoms with Crippen LogP contribution in [0.2, 0.25) is 0 Å². The van der Waals surface area contributed by atoms with E-state index in [2.05, 4.69) is 31.1 Å². The Bertz CT molecular complexity index is 999. The van der Waals surface area contributed by atoms with E-state index in [0.717, 1.165) is 12.0 Å². The van der Waals surface area contributed by atoms with Crippen LogP contribution in [0.25, 0.3) is 6.08 Å². The van der Waals surface area contributed by atoms with Gasteiger partial charge in [0.05, 0.1) is 0 Å². The largest absolute Gasteiger partial charge is 0.444 e. The Morgan fingerprint density at radius 2 is 1.67 bits per heavy atom. The maximum atomic E-state index is 14.3. The van der Waals surface area contributed by atoms with Crippen molar-refractivity contribution < 1.29 is 23.9 Å². The van der Waals surface area contributed by atoms with Crippen LogP contribution in [-0.4, -0.2) is 52.4 Å². The third-order valence-corrected chi connectivity index (χ3v) is 5.98. The average Bonchev–Trinajstić information content (AvgIpc) is 2.81. The predicted octanol–water partition coefficient (Wildman–Crippen LogP) is 4.71. The van der Waals surface area contributed by atoms with Crippen molar-refractivity contribution in [3.8, 4) is 0 Å². The summed E-state index contributed by atoms with van der Waals surface area (Å²) in [4.78, 5) is 53.9. The van der Waals surface area contributed by atoms with Crippen LogP contribution in [0, 0.1) is 5.92 Å². The monoisotopic (exact) mass is 544 g/mol. The van der Waals surface area contributed by atoms with Crippen molar-refractivity contribution >= 4 is 29.9 Å². The highest BCUT2D eigenvalue weighted by Crippen LogP contribution is 2.29. The molecule has 9 nitrogen and oxygen atoms in total. The summed E-state index contributed by atoms with van der Waals surface area (Å²) in [5, 5.41) is 5.58. The molecule has 218 valence electrons. The second-order valence-corrected chi connectivity index (χ2v) is 11.7. The summed E-state index contributed by atoms with van der Waals surface area (Å²) in [6.07, 6.45) is 2.17. The van der Waals surface area contributed by atoms with Crippen LogP contribution in [0.1, 0.15) is 98.2 Å². The number of amides is 4. The van der Waals surface area contributed by atoms with Crippen molar-refractivity contribution in [2.24, 2.45) is 11.7 Å². The first-order valence-corrected chi connectivity index (χ1v) is 13.7. The summed E-state index contributed by atoms with van der Waals surface area (Å²) in [7, 11) is 0. The topological polar surface area (TPSA) is 131 Å². The van der Waals surface area contributed by atoms with E-state index < -0.39 is 35.6 Å². The molecular formula is C30H48N4O5. The minimum absolute atomic E-state index is 0.0357. The first-order chi connectivity index (χ1) is 18.0. The molecule has 39 heavy (non-hydrogen) atoms. The van der Waals surface area contributed by atoms with Gasteiger partial charge in [0.15, 0.2) is 0 Å². The van der Waals surface area contributed by atoms with Gasteiger partial charge in [0, 0.05) is 18.5 Å². The van der Waals surface area contributed by atoms with Crippen LogP contribution in [0.4, 0.5) is 4.79 Å². The van der Waals surface area contributed by atoms with Crippen LogP contribution in [0.3, 0.4) is 0 Å². The summed E-state index contributed by atoms with van der Waals surface area (Å²) in [6, 6.07) is 4.64. The zero-order valence-electron chi connectivity index (χ0n) is 24.9. The minimum Gasteiger partial charge on any atom is -0.444 e. The molecule has 0 bridgehead atoms. The van der Waals surface area contributed by atoms with Crippen molar-refractivity contribution in [3.05, 3.63) is 42.0 Å². The quantitative estimate of drug-likeness (QED) is 0.312. The van der Waals surface area contributed by atoms with Crippen molar-refractivity contribution in [1.82, 2.24) is 15.5 Å². The summed E-state index contributed by atoms with van der Waals surface area (Å²) in [5.41, 5.74) is 6.01. The average molecular weight is 545 g/mol. The Morgan fingerprint density at radius 1 is 1.03 bits per heavy atom. The molecule has 3 atom stereocenters. The molecule has 0 spiro atoms. The van der Waals surface area contributed by atoms with E-state index in [1.165, 1.54) is 4.90 Å². The minimum atomic E-state index is -1.13. The molecule has 1 aromatic rings. The van der Waals surface area contributed by atoms with E-state index in [1.807, 2.05) is 39.0 Å². The standard InChI is InChI=1S/C30H48N4O5/c1-10-22-12-11-13-23(18-22)26(27(36)32-20(4)5)34(21(6)15-14-19(2)3)28(37)24(16-17-25(31)35)33-29(38)39-30(7,8)9/h10-13,18-21,24,26H,1,14-17H2,2-9H3,(H2,31,35)(H,32,36)(H,33,38). The van der Waals surface area contributed by atoms with E-state index >= 15 is 0 Å². The molecule has 4 N–H and O–H groups in total. The fraction of sp³-hybridized carbons (Fsp3) is 0.600. The van der Waals surface area contributed by atoms with Crippen LogP contribution in [-0.2, 0) is 19.1 Å². The number of hydrogen-bond donors (Lipinski definition) is 3. The van der Waals surface area contributed by atoms with Crippen molar-refractivity contribution in [3.63, 3.8) is 0 Å². The van der Waals surface area contributed by atoms with E-state index in [0.29, 0.717) is 17.9 Å². The van der Waals surface area contributed by atoms with Crippen LogP contribution in [0.15, 0.2) is 30.8 Å². The highest BCUT2D eigenvalue weighted by Gasteiger charge is 2.39. The number of rotatable bonds is 14. The maximum Gasteiger partial charge on any atom is 0.408 e. The van der Waals surface area contributed by atoms with E-state index in [9.17, 15) is 19.2 Å². The molecule has 0 aliphatic rings. The second-order valence-electron chi connectivity index (χ2n) is 11.7. The molecule has 0 fully saturated rings. The van der Waals surface area contributed by atoms with Gasteiger partial charge in [0.1, 0.15) is 17.7 Å². The number of alkyl carbamates (subject to hydrolysis) is 1. The normalized spacial score (nSPS) is 13.8. The Hall–Kier alpha value is -3.36. The Balaban J connectivity index is 3.68. The third kappa shape index (κ3) is 11.9. The number of ether oxygens (including phenoxy) is 1. The highest BCUT2D eigenvalue weighted by molar-refractivity contribution is 5.93. The molecule has 4 amide bonds. The molecule has 0 saturated heterocycles. The van der Waals surface area contributed by atoms with Gasteiger partial charge in [-0.3, -0.25) is 14.4 Å². The highest BCUT2D eigenvalue weighted by atomic mass is 16.6. The molecule has 1 aromatic carbocycles. The Kier molecular flexibility index (Phi) is 13.2. The summed E-state index contributed by atoms with van der Waals surface area (Å²) in [5.74, 6) is -1.07. The lowest BCUT2D eigenvalue weighted by molar-refractivity contribution is -0.145. The lowest BCUT2D eigenvalue weighted by Gasteiger charge is -2.39. The van der Waals surface area contributed by atoms with Gasteiger partial charge in [-0.2, -0.15) is 0 Å². The zero-order valence-corrected chi connectivity index (χ0v) is 24.9. The van der Waals surface area contributed by atoms with Crippen molar-refractivity contribution in [1.29, 1.82) is 0 Å². The molecule has 0 aliphatic carbocycles. The molecule has 0 radical (unpaired) electrons. The molecular weight excluding hydrogens is 496 g/mol. The first kappa shape index (κ1) is 33.7. The van der Waals surface area contributed by atoms with Gasteiger partial charge in [0.25, 0.3) is 0 Å². The van der Waals surface area contributed by atoms with Gasteiger partial charge in [0.2, 0.25) is 17.7 Å². The fourth-order valence-electron chi connectivity index (χ4n) is 4.14. The molecule has 1 rings (SSSR count). The van der Waals surface area contributed by atoms with Crippen LogP contribution in [0.5, 0.6) is 0 Å². The summed E-state index contributed by atoms with van der Waals surface area (Å²) >= 11 is 0. The lowest BCUT2D eigenvalue weighted by Crippen LogP contribution is -2.56. The van der Waals surface area contributed by atoms with Crippen LogP contribution < -0.4 is 16.4 Å². The fourth-order valence-corrected chi connectivity index (χ4v) is 4.14. The molecule has 9 heteroatoms. The zero-order chi connectivity index (χ0) is 29.9. The summed E-state index contributed by atoms with van der Waals surface area (Å²) in [6.45, 7) is 18.8. The van der Waals surface area contributed by atoms with Crippen molar-refractivity contribution in [2.45, 2.75) is 111 Å². The number of nitrogens with zero attached hydrogens (tertiary/aromatic N) is 1. The van der Waals surface area contributed by atoms with Gasteiger partial charge in [-0.1, -0.05) is 44.7 Å². The number of hydrogen-bond acceptors (Lipinski definition) is 5. The number of carbonyl (C=O) groups is 4. The number of nitrogens with two attached hydrogens (primary N) is 1. The van der Waals surface area contributed by atoms with E-state index in [-0.39, 0.29) is 30.8 Å². The van der Waals surface area contributed by atoms with Gasteiger partial charge >= 0.3 is 6.09 Å². The van der Waals surface area contributed by atoms with Gasteiger partial charge < -0.3 is 26.0 Å². The van der Waals surface area contributed by atoms with Gasteiger partial charge in [-0.25, -0.2) is 4.79 Å². The Labute approximate surface area is 233 Å². The molecule has 0 aliphatic heterocycles. The van der Waals surface area contributed by atoms with Crippen molar-refractivity contribution in [2.75, 3.05) is 0 Å². The maximum absolute atomic E-state index is 14.3. The van der Waals surface area contributed by atoms with Crippen LogP contribution >= 0.6 is 0 Å². The molecule has 0 aromatic heterocycles. The molecule has 3 unspecified atom stereocenters. The van der Waals surface area contributed by atoms with E-state index in [1.54, 1.807) is 32.9 Å². The second kappa shape index (κ2) is 15.3. The molecule has 0 heterocycles. The third-order valence-electron chi connectivity index (χ3n) is 5.98. The van der Waals surface area contributed by atoms with Gasteiger partial charge in [-0.15, -0.1) is 0 Å². The Morgan fingerprint density at radius 3 is 2.18 bits per heavy atom. The lowest BCUT2D eigenvalue weighted by atomic mass is 9.95. The smallest absolute Gasteiger partial charge is 0.408 e.